The predicted molar refractivity (Wildman–Crippen MR) is 97.7 cm³/mol. The van der Waals surface area contributed by atoms with Gasteiger partial charge in [0.2, 0.25) is 0 Å². The highest BCUT2D eigenvalue weighted by Gasteiger charge is 2.16. The molecule has 2 heteroatoms. The van der Waals surface area contributed by atoms with E-state index < -0.39 is 0 Å². The Morgan fingerprint density at radius 3 is 2.22 bits per heavy atom. The molecule has 0 aliphatic carbocycles. The van der Waals surface area contributed by atoms with Crippen LogP contribution >= 0.6 is 0 Å². The Balaban J connectivity index is 2.56. The molecule has 2 N–H and O–H groups in total. The Labute approximate surface area is 139 Å². The molecule has 2 rings (SSSR count). The molecule has 0 aliphatic rings. The van der Waals surface area contributed by atoms with Crippen molar-refractivity contribution in [2.75, 3.05) is 0 Å². The van der Waals surface area contributed by atoms with E-state index in [1.54, 1.807) is 0 Å². The van der Waals surface area contributed by atoms with Crippen LogP contribution in [0.25, 0.3) is 11.1 Å². The van der Waals surface area contributed by atoms with Gasteiger partial charge in [-0.25, -0.2) is 0 Å². The van der Waals surface area contributed by atoms with Crippen molar-refractivity contribution in [3.05, 3.63) is 58.7 Å². The van der Waals surface area contributed by atoms with Crippen LogP contribution in [0.3, 0.4) is 0 Å². The number of aromatic hydroxyl groups is 2. The van der Waals surface area contributed by atoms with Crippen molar-refractivity contribution >= 4 is 11.1 Å². The summed E-state index contributed by atoms with van der Waals surface area (Å²) in [6.07, 6.45) is 2.83. The second-order valence-corrected chi connectivity index (χ2v) is 6.13. The van der Waals surface area contributed by atoms with Crippen molar-refractivity contribution in [2.45, 2.75) is 47.0 Å². The molecule has 122 valence electrons. The molecular formula is C21H26O2. The number of phenols is 2. The third-order valence-electron chi connectivity index (χ3n) is 4.58. The molecule has 0 aromatic heterocycles. The van der Waals surface area contributed by atoms with Crippen molar-refractivity contribution in [2.24, 2.45) is 0 Å². The van der Waals surface area contributed by atoms with Gasteiger partial charge in [-0.2, -0.15) is 0 Å². The number of hydrogen-bond acceptors (Lipinski definition) is 2. The van der Waals surface area contributed by atoms with Crippen LogP contribution in [0.4, 0.5) is 0 Å². The fourth-order valence-electron chi connectivity index (χ4n) is 2.86. The maximum atomic E-state index is 10.3. The third kappa shape index (κ3) is 3.58. The lowest BCUT2D eigenvalue weighted by atomic mass is 9.91. The Kier molecular flexibility index (Phi) is 5.49. The SMILES string of the molecule is CCCCc1cc(C(C)=C(C)c2ccccc2)c(C)c(O)c1O. The molecule has 0 heterocycles. The average Bonchev–Trinajstić information content (AvgIpc) is 2.58. The Bertz CT molecular complexity index is 712. The molecule has 0 atom stereocenters. The van der Waals surface area contributed by atoms with Gasteiger partial charge in [0, 0.05) is 5.56 Å². The first-order chi connectivity index (χ1) is 11.0. The highest BCUT2D eigenvalue weighted by Crippen LogP contribution is 2.39. The second kappa shape index (κ2) is 7.36. The summed E-state index contributed by atoms with van der Waals surface area (Å²) in [5.74, 6) is 0.0404. The van der Waals surface area contributed by atoms with Gasteiger partial charge in [0.1, 0.15) is 0 Å². The summed E-state index contributed by atoms with van der Waals surface area (Å²) in [4.78, 5) is 0. The number of phenolic OH excluding ortho intramolecular Hbond substituents is 2. The standard InChI is InChI=1S/C21H26O2/c1-5-6-10-18-13-19(16(4)20(22)21(18)23)15(3)14(2)17-11-8-7-9-12-17/h7-9,11-13,22-23H,5-6,10H2,1-4H3. The minimum atomic E-state index is 0.00816. The number of rotatable bonds is 5. The Morgan fingerprint density at radius 2 is 1.61 bits per heavy atom. The summed E-state index contributed by atoms with van der Waals surface area (Å²) >= 11 is 0. The van der Waals surface area contributed by atoms with Gasteiger partial charge in [0.05, 0.1) is 0 Å². The topological polar surface area (TPSA) is 40.5 Å². The van der Waals surface area contributed by atoms with Crippen molar-refractivity contribution < 1.29 is 10.2 Å². The summed E-state index contributed by atoms with van der Waals surface area (Å²) in [6, 6.07) is 12.3. The molecule has 0 spiro atoms. The van der Waals surface area contributed by atoms with Gasteiger partial charge >= 0.3 is 0 Å². The van der Waals surface area contributed by atoms with Gasteiger partial charge in [-0.05, 0) is 67.5 Å². The van der Waals surface area contributed by atoms with Gasteiger partial charge in [0.25, 0.3) is 0 Å². The van der Waals surface area contributed by atoms with E-state index in [1.165, 1.54) is 11.1 Å². The van der Waals surface area contributed by atoms with E-state index in [9.17, 15) is 10.2 Å². The largest absolute Gasteiger partial charge is 0.504 e. The lowest BCUT2D eigenvalue weighted by Gasteiger charge is -2.16. The van der Waals surface area contributed by atoms with E-state index in [4.69, 9.17) is 0 Å². The van der Waals surface area contributed by atoms with Gasteiger partial charge in [-0.15, -0.1) is 0 Å². The first-order valence-electron chi connectivity index (χ1n) is 8.25. The fourth-order valence-corrected chi connectivity index (χ4v) is 2.86. The summed E-state index contributed by atoms with van der Waals surface area (Å²) in [6.45, 7) is 8.15. The van der Waals surface area contributed by atoms with Crippen LogP contribution < -0.4 is 0 Å². The number of aryl methyl sites for hydroxylation is 1. The van der Waals surface area contributed by atoms with Crippen molar-refractivity contribution in [3.8, 4) is 11.5 Å². The molecule has 0 unspecified atom stereocenters. The maximum absolute atomic E-state index is 10.3. The molecule has 0 bridgehead atoms. The van der Waals surface area contributed by atoms with E-state index >= 15 is 0 Å². The molecule has 2 nitrogen and oxygen atoms in total. The monoisotopic (exact) mass is 310 g/mol. The molecular weight excluding hydrogens is 284 g/mol. The summed E-state index contributed by atoms with van der Waals surface area (Å²) in [7, 11) is 0. The van der Waals surface area contributed by atoms with Crippen molar-refractivity contribution in [1.82, 2.24) is 0 Å². The van der Waals surface area contributed by atoms with Crippen LogP contribution in [-0.2, 0) is 6.42 Å². The van der Waals surface area contributed by atoms with Crippen LogP contribution in [0.2, 0.25) is 0 Å². The molecule has 0 fully saturated rings. The molecule has 23 heavy (non-hydrogen) atoms. The van der Waals surface area contributed by atoms with E-state index in [1.807, 2.05) is 31.2 Å². The average molecular weight is 310 g/mol. The van der Waals surface area contributed by atoms with E-state index in [0.717, 1.165) is 41.5 Å². The van der Waals surface area contributed by atoms with Crippen LogP contribution in [-0.4, -0.2) is 10.2 Å². The predicted octanol–water partition coefficient (Wildman–Crippen LogP) is 5.70. The molecule has 0 saturated heterocycles. The van der Waals surface area contributed by atoms with Gasteiger partial charge < -0.3 is 10.2 Å². The Hall–Kier alpha value is -2.22. The minimum absolute atomic E-state index is 0.00816. The van der Waals surface area contributed by atoms with Crippen LogP contribution in [0.15, 0.2) is 36.4 Å². The first kappa shape index (κ1) is 17.1. The highest BCUT2D eigenvalue weighted by molar-refractivity contribution is 5.90. The Morgan fingerprint density at radius 1 is 0.957 bits per heavy atom. The number of hydrogen-bond donors (Lipinski definition) is 2. The van der Waals surface area contributed by atoms with E-state index in [-0.39, 0.29) is 11.5 Å². The first-order valence-corrected chi connectivity index (χ1v) is 8.25. The molecule has 0 aliphatic heterocycles. The summed E-state index contributed by atoms with van der Waals surface area (Å²) in [5, 5.41) is 20.5. The van der Waals surface area contributed by atoms with E-state index in [0.29, 0.717) is 0 Å². The zero-order valence-corrected chi connectivity index (χ0v) is 14.5. The summed E-state index contributed by atoms with van der Waals surface area (Å²) in [5.41, 5.74) is 6.04. The lowest BCUT2D eigenvalue weighted by Crippen LogP contribution is -1.95. The molecule has 2 aromatic rings. The van der Waals surface area contributed by atoms with Crippen LogP contribution in [0, 0.1) is 6.92 Å². The summed E-state index contributed by atoms with van der Waals surface area (Å²) < 4.78 is 0. The quantitative estimate of drug-likeness (QED) is 0.549. The van der Waals surface area contributed by atoms with Gasteiger partial charge in [-0.3, -0.25) is 0 Å². The second-order valence-electron chi connectivity index (χ2n) is 6.13. The number of allylic oxidation sites excluding steroid dienone is 2. The number of benzene rings is 2. The van der Waals surface area contributed by atoms with Crippen LogP contribution in [0.5, 0.6) is 11.5 Å². The number of unbranched alkanes of at least 4 members (excludes halogenated alkanes) is 1. The molecule has 0 amide bonds. The molecule has 0 radical (unpaired) electrons. The zero-order chi connectivity index (χ0) is 17.0. The van der Waals surface area contributed by atoms with Crippen molar-refractivity contribution in [3.63, 3.8) is 0 Å². The van der Waals surface area contributed by atoms with Gasteiger partial charge in [0.15, 0.2) is 11.5 Å². The fraction of sp³-hybridized carbons (Fsp3) is 0.333. The lowest BCUT2D eigenvalue weighted by molar-refractivity contribution is 0.396. The minimum Gasteiger partial charge on any atom is -0.504 e. The normalized spacial score (nSPS) is 12.2. The van der Waals surface area contributed by atoms with Gasteiger partial charge in [-0.1, -0.05) is 43.7 Å². The van der Waals surface area contributed by atoms with Crippen LogP contribution in [0.1, 0.15) is 55.9 Å². The smallest absolute Gasteiger partial charge is 0.161 e. The highest BCUT2D eigenvalue weighted by atomic mass is 16.3. The van der Waals surface area contributed by atoms with Crippen molar-refractivity contribution in [1.29, 1.82) is 0 Å². The maximum Gasteiger partial charge on any atom is 0.161 e. The molecule has 2 aromatic carbocycles. The zero-order valence-electron chi connectivity index (χ0n) is 14.5. The third-order valence-corrected chi connectivity index (χ3v) is 4.58. The molecule has 0 saturated carbocycles. The van der Waals surface area contributed by atoms with E-state index in [2.05, 4.69) is 32.9 Å².